The summed E-state index contributed by atoms with van der Waals surface area (Å²) in [5.74, 6) is -4.15. The smallest absolute Gasteiger partial charge is 0.425 e. The fourth-order valence-electron chi connectivity index (χ4n) is 2.71. The normalized spacial score (nSPS) is 12.6. The molecule has 0 aliphatic heterocycles. The molecule has 11 nitrogen and oxygen atoms in total. The number of nitrogens with one attached hydrogen (secondary N) is 1. The minimum Gasteiger partial charge on any atom is -0.464 e. The number of aliphatic hydroxyl groups excluding tert-OH is 1. The number of nitrogens with zero attached hydrogens (tertiary/aromatic N) is 5. The molecule has 3 heterocycles. The van der Waals surface area contributed by atoms with Crippen LogP contribution in [0.5, 0.6) is 5.88 Å². The summed E-state index contributed by atoms with van der Waals surface area (Å²) in [7, 11) is 0. The summed E-state index contributed by atoms with van der Waals surface area (Å²) >= 11 is 0. The van der Waals surface area contributed by atoms with Crippen LogP contribution in [0.15, 0.2) is 21.6 Å². The number of carbonyl (C=O) groups excluding carboxylic acids is 1. The van der Waals surface area contributed by atoms with Crippen molar-refractivity contribution in [3.63, 3.8) is 0 Å². The molecule has 0 bridgehead atoms. The zero-order valence-corrected chi connectivity index (χ0v) is 17.5. The summed E-state index contributed by atoms with van der Waals surface area (Å²) in [6.45, 7) is 3.13. The lowest BCUT2D eigenvalue weighted by Gasteiger charge is -2.19. The predicted octanol–water partition coefficient (Wildman–Crippen LogP) is 1.96. The van der Waals surface area contributed by atoms with Gasteiger partial charge >= 0.3 is 11.9 Å². The number of hydrogen-bond acceptors (Lipinski definition) is 8. The second-order valence-corrected chi connectivity index (χ2v) is 6.73. The number of halogens is 4. The van der Waals surface area contributed by atoms with Crippen molar-refractivity contribution in [3.8, 4) is 11.7 Å². The van der Waals surface area contributed by atoms with Crippen LogP contribution in [0.25, 0.3) is 5.82 Å². The van der Waals surface area contributed by atoms with Crippen molar-refractivity contribution in [1.29, 1.82) is 0 Å². The predicted molar refractivity (Wildman–Crippen MR) is 103 cm³/mol. The summed E-state index contributed by atoms with van der Waals surface area (Å²) < 4.78 is 65.2. The topological polar surface area (TPSA) is 137 Å². The summed E-state index contributed by atoms with van der Waals surface area (Å²) in [5.41, 5.74) is -1.24. The molecule has 178 valence electrons. The van der Waals surface area contributed by atoms with E-state index >= 15 is 0 Å². The van der Waals surface area contributed by atoms with Crippen molar-refractivity contribution < 1.29 is 36.7 Å². The Morgan fingerprint density at radius 3 is 2.61 bits per heavy atom. The Morgan fingerprint density at radius 2 is 2.09 bits per heavy atom. The second-order valence-electron chi connectivity index (χ2n) is 6.73. The molecule has 3 aromatic heterocycles. The fourth-order valence-corrected chi connectivity index (χ4v) is 2.71. The van der Waals surface area contributed by atoms with Crippen LogP contribution in [0.1, 0.15) is 35.7 Å². The number of anilines is 1. The van der Waals surface area contributed by atoms with Gasteiger partial charge in [-0.2, -0.15) is 22.8 Å². The molecule has 0 spiro atoms. The Bertz CT molecular complexity index is 1230. The molecule has 0 saturated heterocycles. The maximum absolute atomic E-state index is 14.9. The molecule has 0 saturated carbocycles. The Labute approximate surface area is 182 Å². The highest BCUT2D eigenvalue weighted by Crippen LogP contribution is 2.28. The van der Waals surface area contributed by atoms with E-state index in [4.69, 9.17) is 4.74 Å². The Balaban J connectivity index is 2.14. The minimum atomic E-state index is -4.83. The van der Waals surface area contributed by atoms with Crippen molar-refractivity contribution in [2.45, 2.75) is 46.2 Å². The highest BCUT2D eigenvalue weighted by Gasteiger charge is 2.39. The summed E-state index contributed by atoms with van der Waals surface area (Å²) in [6, 6.07) is 0.564. The van der Waals surface area contributed by atoms with Gasteiger partial charge in [0, 0.05) is 6.54 Å². The van der Waals surface area contributed by atoms with Gasteiger partial charge in [-0.25, -0.2) is 9.18 Å². The third-order valence-corrected chi connectivity index (χ3v) is 4.51. The van der Waals surface area contributed by atoms with E-state index in [0.29, 0.717) is 17.7 Å². The molecule has 0 aliphatic carbocycles. The lowest BCUT2D eigenvalue weighted by atomic mass is 10.2. The molecule has 1 atom stereocenters. The number of aryl methyl sites for hydroxylation is 1. The van der Waals surface area contributed by atoms with E-state index in [1.54, 1.807) is 6.92 Å². The van der Waals surface area contributed by atoms with Crippen LogP contribution in [-0.4, -0.2) is 47.8 Å². The van der Waals surface area contributed by atoms with E-state index in [1.807, 2.05) is 0 Å². The SMILES string of the molecule is CCn1c(CO)nn(-c2nc(O[C@@H](C)C(F)(F)F)c(C(=O)Nc3conc3C)cc2F)c1=O. The van der Waals surface area contributed by atoms with Crippen LogP contribution in [0, 0.1) is 12.7 Å². The first-order chi connectivity index (χ1) is 15.5. The van der Waals surface area contributed by atoms with Crippen molar-refractivity contribution >= 4 is 11.6 Å². The lowest BCUT2D eigenvalue weighted by Crippen LogP contribution is -2.33. The van der Waals surface area contributed by atoms with Crippen LogP contribution < -0.4 is 15.7 Å². The average Bonchev–Trinajstić information content (AvgIpc) is 3.30. The maximum atomic E-state index is 14.9. The van der Waals surface area contributed by atoms with Crippen LogP contribution in [0.2, 0.25) is 0 Å². The number of aromatic nitrogens is 5. The number of pyridine rings is 1. The van der Waals surface area contributed by atoms with E-state index in [-0.39, 0.29) is 23.8 Å². The Hall–Kier alpha value is -3.75. The van der Waals surface area contributed by atoms with Crippen molar-refractivity contribution in [1.82, 2.24) is 24.5 Å². The maximum Gasteiger partial charge on any atom is 0.425 e. The average molecular weight is 474 g/mol. The largest absolute Gasteiger partial charge is 0.464 e. The number of amides is 1. The van der Waals surface area contributed by atoms with E-state index in [0.717, 1.165) is 10.8 Å². The molecule has 33 heavy (non-hydrogen) atoms. The third kappa shape index (κ3) is 4.72. The number of ether oxygens (including phenoxy) is 1. The van der Waals surface area contributed by atoms with Gasteiger partial charge in [-0.1, -0.05) is 5.16 Å². The molecule has 3 aromatic rings. The number of hydrogen-bond donors (Lipinski definition) is 2. The van der Waals surface area contributed by atoms with Gasteiger partial charge in [-0.05, 0) is 26.8 Å². The van der Waals surface area contributed by atoms with Gasteiger partial charge in [0.15, 0.2) is 23.6 Å². The standard InChI is InChI=1S/C18H18F4N6O5/c1-4-27-13(6-29)25-28(17(27)31)14-11(19)5-10(15(30)23-12-7-32-26-8(12)2)16(24-14)33-9(3)18(20,21)22/h5,7,9,29H,4,6H2,1-3H3,(H,23,30)/t9-/m0/s1. The number of alkyl halides is 3. The lowest BCUT2D eigenvalue weighted by molar-refractivity contribution is -0.190. The van der Waals surface area contributed by atoms with E-state index < -0.39 is 53.6 Å². The first kappa shape index (κ1) is 23.9. The number of rotatable bonds is 7. The minimum absolute atomic E-state index is 0.0728. The molecular weight excluding hydrogens is 456 g/mol. The van der Waals surface area contributed by atoms with Gasteiger partial charge in [-0.3, -0.25) is 9.36 Å². The zero-order chi connectivity index (χ0) is 24.5. The van der Waals surface area contributed by atoms with Gasteiger partial charge in [0.2, 0.25) is 5.88 Å². The Morgan fingerprint density at radius 1 is 1.39 bits per heavy atom. The van der Waals surface area contributed by atoms with Gasteiger partial charge in [0.25, 0.3) is 5.91 Å². The third-order valence-electron chi connectivity index (χ3n) is 4.51. The van der Waals surface area contributed by atoms with Crippen LogP contribution in [-0.2, 0) is 13.2 Å². The molecule has 0 unspecified atom stereocenters. The molecule has 0 radical (unpaired) electrons. The van der Waals surface area contributed by atoms with Crippen LogP contribution >= 0.6 is 0 Å². The number of carbonyl (C=O) groups is 1. The monoisotopic (exact) mass is 474 g/mol. The van der Waals surface area contributed by atoms with Gasteiger partial charge < -0.3 is 19.7 Å². The van der Waals surface area contributed by atoms with Gasteiger partial charge in [0.1, 0.15) is 29.8 Å². The molecular formula is C18H18F4N6O5. The van der Waals surface area contributed by atoms with Crippen LogP contribution in [0.4, 0.5) is 23.2 Å². The first-order valence-electron chi connectivity index (χ1n) is 9.44. The molecule has 1 amide bonds. The molecule has 0 fully saturated rings. The zero-order valence-electron chi connectivity index (χ0n) is 17.5. The molecule has 15 heteroatoms. The highest BCUT2D eigenvalue weighted by atomic mass is 19.4. The molecule has 0 aliphatic rings. The molecule has 3 rings (SSSR count). The first-order valence-corrected chi connectivity index (χ1v) is 9.44. The van der Waals surface area contributed by atoms with Crippen molar-refractivity contribution in [2.75, 3.05) is 5.32 Å². The van der Waals surface area contributed by atoms with Gasteiger partial charge in [0.05, 0.1) is 0 Å². The quantitative estimate of drug-likeness (QED) is 0.496. The summed E-state index contributed by atoms with van der Waals surface area (Å²) in [5, 5.41) is 19.0. The summed E-state index contributed by atoms with van der Waals surface area (Å²) in [6.07, 6.45) is -6.19. The number of aliphatic hydroxyl groups is 1. The van der Waals surface area contributed by atoms with Crippen LogP contribution in [0.3, 0.4) is 0 Å². The van der Waals surface area contributed by atoms with Gasteiger partial charge in [-0.15, -0.1) is 5.10 Å². The van der Waals surface area contributed by atoms with Crippen molar-refractivity contribution in [2.24, 2.45) is 0 Å². The highest BCUT2D eigenvalue weighted by molar-refractivity contribution is 6.06. The van der Waals surface area contributed by atoms with Crippen molar-refractivity contribution in [3.05, 3.63) is 45.7 Å². The molecule has 2 N–H and O–H groups in total. The van der Waals surface area contributed by atoms with E-state index in [2.05, 4.69) is 25.1 Å². The summed E-state index contributed by atoms with van der Waals surface area (Å²) in [4.78, 5) is 28.8. The second kappa shape index (κ2) is 9.01. The van der Waals surface area contributed by atoms with E-state index in [9.17, 15) is 32.3 Å². The fraction of sp³-hybridized carbons (Fsp3) is 0.389. The van der Waals surface area contributed by atoms with E-state index in [1.165, 1.54) is 6.92 Å². The Kier molecular flexibility index (Phi) is 6.53. The molecule has 0 aromatic carbocycles.